The van der Waals surface area contributed by atoms with E-state index in [1.54, 1.807) is 0 Å². The highest BCUT2D eigenvalue weighted by atomic mass is 35.7. The molecule has 0 spiro atoms. The Labute approximate surface area is 73.4 Å². The molecular weight excluding hydrogens is 209 g/mol. The summed E-state index contributed by atoms with van der Waals surface area (Å²) in [7, 11) is 1.23. The van der Waals surface area contributed by atoms with Crippen LogP contribution in [0, 0.1) is 0 Å². The Morgan fingerprint density at radius 2 is 2.00 bits per heavy atom. The van der Waals surface area contributed by atoms with Crippen molar-refractivity contribution >= 4 is 31.3 Å². The van der Waals surface area contributed by atoms with Gasteiger partial charge in [-0.25, -0.2) is 13.4 Å². The van der Waals surface area contributed by atoms with Crippen molar-refractivity contribution in [3.8, 4) is 0 Å². The van der Waals surface area contributed by atoms with Gasteiger partial charge in [0.15, 0.2) is 5.03 Å². The van der Waals surface area contributed by atoms with Crippen LogP contribution < -0.4 is 0 Å². The molecule has 11 heavy (non-hydrogen) atoms. The molecule has 0 amide bonds. The second-order valence-corrected chi connectivity index (χ2v) is 4.64. The van der Waals surface area contributed by atoms with E-state index in [2.05, 4.69) is 4.98 Å². The number of aromatic nitrogens is 1. The highest BCUT2D eigenvalue weighted by molar-refractivity contribution is 8.13. The summed E-state index contributed by atoms with van der Waals surface area (Å²) in [5.41, 5.74) is 0. The van der Waals surface area contributed by atoms with Gasteiger partial charge in [-0.05, 0) is 12.1 Å². The summed E-state index contributed by atoms with van der Waals surface area (Å²) in [5.74, 6) is 0. The van der Waals surface area contributed by atoms with E-state index >= 15 is 0 Å². The summed E-state index contributed by atoms with van der Waals surface area (Å²) in [6.07, 6.45) is 0. The lowest BCUT2D eigenvalue weighted by atomic mass is 10.5. The van der Waals surface area contributed by atoms with Crippen molar-refractivity contribution in [2.24, 2.45) is 0 Å². The van der Waals surface area contributed by atoms with Crippen LogP contribution in [0.5, 0.6) is 0 Å². The summed E-state index contributed by atoms with van der Waals surface area (Å²) in [6, 6.07) is 4.20. The highest BCUT2D eigenvalue weighted by Crippen LogP contribution is 2.13. The molecule has 0 atom stereocenters. The summed E-state index contributed by atoms with van der Waals surface area (Å²) in [4.78, 5) is 3.49. The SMILES string of the molecule is O=S(=O)(Cl)c1cccc(Cl)n1. The third-order valence-electron chi connectivity index (χ3n) is 0.939. The van der Waals surface area contributed by atoms with Crippen LogP contribution in [0.15, 0.2) is 23.2 Å². The predicted molar refractivity (Wildman–Crippen MR) is 42.3 cm³/mol. The summed E-state index contributed by atoms with van der Waals surface area (Å²) < 4.78 is 21.3. The van der Waals surface area contributed by atoms with E-state index in [9.17, 15) is 8.42 Å². The number of pyridine rings is 1. The number of rotatable bonds is 1. The Hall–Kier alpha value is -0.320. The molecule has 0 N–H and O–H groups in total. The lowest BCUT2D eigenvalue weighted by molar-refractivity contribution is 0.606. The summed E-state index contributed by atoms with van der Waals surface area (Å²) >= 11 is 5.42. The van der Waals surface area contributed by atoms with Gasteiger partial charge in [0.2, 0.25) is 0 Å². The minimum absolute atomic E-state index is 0.103. The number of hydrogen-bond acceptors (Lipinski definition) is 3. The molecule has 0 aliphatic heterocycles. The standard InChI is InChI=1S/C5H3Cl2NO2S/c6-4-2-1-3-5(8-4)11(7,9)10/h1-3H. The fourth-order valence-electron chi connectivity index (χ4n) is 0.525. The molecule has 0 aromatic carbocycles. The average Bonchev–Trinajstić information content (AvgIpc) is 1.86. The van der Waals surface area contributed by atoms with Crippen LogP contribution in [0.1, 0.15) is 0 Å². The van der Waals surface area contributed by atoms with Gasteiger partial charge in [0.25, 0.3) is 9.05 Å². The molecule has 3 nitrogen and oxygen atoms in total. The highest BCUT2D eigenvalue weighted by Gasteiger charge is 2.10. The monoisotopic (exact) mass is 211 g/mol. The summed E-state index contributed by atoms with van der Waals surface area (Å²) in [5, 5.41) is -0.126. The lowest BCUT2D eigenvalue weighted by Gasteiger charge is -1.93. The first-order valence-electron chi connectivity index (χ1n) is 2.57. The topological polar surface area (TPSA) is 47.0 Å². The van der Waals surface area contributed by atoms with E-state index in [-0.39, 0.29) is 10.2 Å². The molecule has 0 saturated carbocycles. The van der Waals surface area contributed by atoms with E-state index in [4.69, 9.17) is 22.3 Å². The Kier molecular flexibility index (Phi) is 2.37. The van der Waals surface area contributed by atoms with E-state index in [0.717, 1.165) is 0 Å². The van der Waals surface area contributed by atoms with E-state index in [1.165, 1.54) is 18.2 Å². The van der Waals surface area contributed by atoms with E-state index in [1.807, 2.05) is 0 Å². The zero-order valence-electron chi connectivity index (χ0n) is 5.16. The van der Waals surface area contributed by atoms with Crippen molar-refractivity contribution in [1.29, 1.82) is 0 Å². The largest absolute Gasteiger partial charge is 0.278 e. The van der Waals surface area contributed by atoms with Crippen molar-refractivity contribution < 1.29 is 8.42 Å². The van der Waals surface area contributed by atoms with Crippen molar-refractivity contribution in [3.05, 3.63) is 23.4 Å². The van der Waals surface area contributed by atoms with Gasteiger partial charge in [0.05, 0.1) is 0 Å². The Morgan fingerprint density at radius 1 is 1.36 bits per heavy atom. The molecular formula is C5H3Cl2NO2S. The van der Waals surface area contributed by atoms with Crippen LogP contribution in [0.25, 0.3) is 0 Å². The molecule has 0 aliphatic rings. The molecule has 0 fully saturated rings. The number of halogens is 2. The lowest BCUT2D eigenvalue weighted by Crippen LogP contribution is -1.93. The molecule has 60 valence electrons. The number of nitrogens with zero attached hydrogens (tertiary/aromatic N) is 1. The van der Waals surface area contributed by atoms with Gasteiger partial charge in [-0.15, -0.1) is 0 Å². The van der Waals surface area contributed by atoms with Crippen molar-refractivity contribution in [2.45, 2.75) is 5.03 Å². The zero-order valence-corrected chi connectivity index (χ0v) is 7.49. The quantitative estimate of drug-likeness (QED) is 0.525. The molecule has 0 bridgehead atoms. The first-order chi connectivity index (χ1) is 5.00. The van der Waals surface area contributed by atoms with Gasteiger partial charge in [0.1, 0.15) is 5.15 Å². The smallest absolute Gasteiger partial charge is 0.223 e. The fraction of sp³-hybridized carbons (Fsp3) is 0. The fourth-order valence-corrected chi connectivity index (χ4v) is 1.45. The summed E-state index contributed by atoms with van der Waals surface area (Å²) in [6.45, 7) is 0. The molecule has 6 heteroatoms. The Bertz CT molecular complexity index is 363. The van der Waals surface area contributed by atoms with Crippen LogP contribution in [0.2, 0.25) is 5.15 Å². The van der Waals surface area contributed by atoms with Gasteiger partial charge in [-0.2, -0.15) is 0 Å². The zero-order chi connectivity index (χ0) is 8.48. The van der Waals surface area contributed by atoms with Crippen LogP contribution in [-0.4, -0.2) is 13.4 Å². The molecule has 1 aromatic rings. The van der Waals surface area contributed by atoms with Crippen molar-refractivity contribution in [1.82, 2.24) is 4.98 Å². The molecule has 1 rings (SSSR count). The first-order valence-corrected chi connectivity index (χ1v) is 5.26. The second-order valence-electron chi connectivity index (χ2n) is 1.74. The number of hydrogen-bond donors (Lipinski definition) is 0. The van der Waals surface area contributed by atoms with E-state index in [0.29, 0.717) is 0 Å². The molecule has 0 saturated heterocycles. The van der Waals surface area contributed by atoms with Crippen molar-refractivity contribution in [3.63, 3.8) is 0 Å². The van der Waals surface area contributed by atoms with Gasteiger partial charge in [0, 0.05) is 10.7 Å². The van der Waals surface area contributed by atoms with E-state index < -0.39 is 9.05 Å². The van der Waals surface area contributed by atoms with Gasteiger partial charge < -0.3 is 0 Å². The first kappa shape index (κ1) is 8.77. The maximum absolute atomic E-state index is 10.6. The minimum Gasteiger partial charge on any atom is -0.223 e. The third-order valence-corrected chi connectivity index (χ3v) is 2.35. The average molecular weight is 212 g/mol. The molecule has 1 heterocycles. The van der Waals surface area contributed by atoms with Crippen LogP contribution in [-0.2, 0) is 9.05 Å². The van der Waals surface area contributed by atoms with Gasteiger partial charge in [-0.3, -0.25) is 0 Å². The van der Waals surface area contributed by atoms with Crippen molar-refractivity contribution in [2.75, 3.05) is 0 Å². The van der Waals surface area contributed by atoms with Crippen LogP contribution >= 0.6 is 22.3 Å². The Balaban J connectivity index is 3.28. The molecule has 0 unspecified atom stereocenters. The normalized spacial score (nSPS) is 11.5. The van der Waals surface area contributed by atoms with Crippen LogP contribution in [0.3, 0.4) is 0 Å². The predicted octanol–water partition coefficient (Wildman–Crippen LogP) is 1.66. The molecule has 0 aliphatic carbocycles. The van der Waals surface area contributed by atoms with Gasteiger partial charge in [-0.1, -0.05) is 17.7 Å². The van der Waals surface area contributed by atoms with Crippen LogP contribution in [0.4, 0.5) is 0 Å². The molecule has 1 aromatic heterocycles. The van der Waals surface area contributed by atoms with Gasteiger partial charge >= 0.3 is 0 Å². The maximum Gasteiger partial charge on any atom is 0.278 e. The minimum atomic E-state index is -3.75. The molecule has 0 radical (unpaired) electrons. The maximum atomic E-state index is 10.6. The third kappa shape index (κ3) is 2.32. The second kappa shape index (κ2) is 2.97. The Morgan fingerprint density at radius 3 is 2.36 bits per heavy atom.